The van der Waals surface area contributed by atoms with Crippen molar-refractivity contribution in [3.8, 4) is 5.75 Å². The van der Waals surface area contributed by atoms with Crippen molar-refractivity contribution >= 4 is 34.8 Å². The maximum atomic E-state index is 6.21. The summed E-state index contributed by atoms with van der Waals surface area (Å²) in [5.41, 5.74) is 8.20. The number of hydrogen-bond acceptors (Lipinski definition) is 2. The van der Waals surface area contributed by atoms with Gasteiger partial charge >= 0.3 is 0 Å². The Morgan fingerprint density at radius 1 is 1.00 bits per heavy atom. The summed E-state index contributed by atoms with van der Waals surface area (Å²) < 4.78 is 5.19. The largest absolute Gasteiger partial charge is 0.495 e. The van der Waals surface area contributed by atoms with Gasteiger partial charge in [0.05, 0.1) is 22.2 Å². The minimum absolute atomic E-state index is 0.168. The van der Waals surface area contributed by atoms with Crippen LogP contribution in [0.5, 0.6) is 5.75 Å². The van der Waals surface area contributed by atoms with Gasteiger partial charge in [0.15, 0.2) is 0 Å². The van der Waals surface area contributed by atoms with Crippen LogP contribution in [0.2, 0.25) is 15.1 Å². The quantitative estimate of drug-likeness (QED) is 0.865. The van der Waals surface area contributed by atoms with Crippen LogP contribution >= 0.6 is 34.8 Å². The first-order valence-electron chi connectivity index (χ1n) is 6.04. The van der Waals surface area contributed by atoms with Gasteiger partial charge in [-0.05, 0) is 41.8 Å². The third kappa shape index (κ3) is 3.58. The van der Waals surface area contributed by atoms with Gasteiger partial charge < -0.3 is 10.5 Å². The van der Waals surface area contributed by atoms with E-state index in [4.69, 9.17) is 45.3 Å². The number of methoxy groups -OCH3 is 1. The molecule has 20 heavy (non-hydrogen) atoms. The van der Waals surface area contributed by atoms with Gasteiger partial charge in [0, 0.05) is 6.04 Å². The number of ether oxygens (including phenoxy) is 1. The number of rotatable bonds is 4. The van der Waals surface area contributed by atoms with E-state index in [1.807, 2.05) is 24.3 Å². The van der Waals surface area contributed by atoms with Crippen molar-refractivity contribution in [2.75, 3.05) is 7.11 Å². The van der Waals surface area contributed by atoms with Crippen LogP contribution in [-0.4, -0.2) is 7.11 Å². The van der Waals surface area contributed by atoms with Gasteiger partial charge in [-0.15, -0.1) is 0 Å². The molecule has 0 bridgehead atoms. The summed E-state index contributed by atoms with van der Waals surface area (Å²) in [6.45, 7) is 0. The predicted octanol–water partition coefficient (Wildman–Crippen LogP) is 4.90. The molecule has 0 fully saturated rings. The van der Waals surface area contributed by atoms with Crippen LogP contribution < -0.4 is 10.5 Å². The first-order chi connectivity index (χ1) is 9.51. The molecule has 0 aliphatic carbocycles. The average molecular weight is 331 g/mol. The van der Waals surface area contributed by atoms with Crippen LogP contribution in [0.1, 0.15) is 17.2 Å². The highest BCUT2D eigenvalue weighted by molar-refractivity contribution is 6.42. The molecule has 2 aromatic carbocycles. The van der Waals surface area contributed by atoms with Gasteiger partial charge in [-0.3, -0.25) is 0 Å². The first-order valence-corrected chi connectivity index (χ1v) is 7.17. The summed E-state index contributed by atoms with van der Waals surface area (Å²) in [7, 11) is 1.58. The molecule has 2 rings (SSSR count). The molecule has 2 N–H and O–H groups in total. The highest BCUT2D eigenvalue weighted by atomic mass is 35.5. The van der Waals surface area contributed by atoms with Crippen molar-refractivity contribution in [2.24, 2.45) is 5.73 Å². The molecule has 0 saturated carbocycles. The van der Waals surface area contributed by atoms with Crippen LogP contribution in [0.25, 0.3) is 0 Å². The Morgan fingerprint density at radius 3 is 2.35 bits per heavy atom. The van der Waals surface area contributed by atoms with E-state index in [9.17, 15) is 0 Å². The van der Waals surface area contributed by atoms with E-state index in [0.717, 1.165) is 11.1 Å². The molecule has 5 heteroatoms. The lowest BCUT2D eigenvalue weighted by Gasteiger charge is -2.14. The fourth-order valence-corrected chi connectivity index (χ4v) is 2.46. The van der Waals surface area contributed by atoms with Gasteiger partial charge in [0.25, 0.3) is 0 Å². The smallest absolute Gasteiger partial charge is 0.137 e. The lowest BCUT2D eigenvalue weighted by molar-refractivity contribution is 0.414. The molecule has 2 nitrogen and oxygen atoms in total. The normalized spacial score (nSPS) is 12.2. The maximum absolute atomic E-state index is 6.21. The molecule has 1 unspecified atom stereocenters. The minimum atomic E-state index is -0.168. The third-order valence-corrected chi connectivity index (χ3v) is 4.09. The Labute approximate surface area is 133 Å². The van der Waals surface area contributed by atoms with Crippen molar-refractivity contribution in [3.05, 3.63) is 62.6 Å². The molecule has 0 saturated heterocycles. The molecule has 0 aromatic heterocycles. The van der Waals surface area contributed by atoms with Crippen LogP contribution in [0, 0.1) is 0 Å². The monoisotopic (exact) mass is 329 g/mol. The van der Waals surface area contributed by atoms with Crippen LogP contribution in [0.4, 0.5) is 0 Å². The van der Waals surface area contributed by atoms with E-state index in [1.165, 1.54) is 0 Å². The van der Waals surface area contributed by atoms with Gasteiger partial charge in [0.2, 0.25) is 0 Å². The lowest BCUT2D eigenvalue weighted by atomic mass is 9.99. The van der Waals surface area contributed by atoms with Gasteiger partial charge in [-0.25, -0.2) is 0 Å². The SMILES string of the molecule is COc1cc(C(N)Cc2ccc(Cl)c(Cl)c2)ccc1Cl. The Bertz CT molecular complexity index is 616. The number of halogens is 3. The van der Waals surface area contributed by atoms with Crippen LogP contribution in [-0.2, 0) is 6.42 Å². The Balaban J connectivity index is 2.19. The standard InChI is InChI=1S/C15H14Cl3NO/c1-20-15-8-10(3-5-12(15)17)14(19)7-9-2-4-11(16)13(18)6-9/h2-6,8,14H,7,19H2,1H3. The Hall–Kier alpha value is -0.930. The molecule has 1 atom stereocenters. The Kier molecular flexibility index (Phi) is 5.17. The van der Waals surface area contributed by atoms with Crippen LogP contribution in [0.15, 0.2) is 36.4 Å². The first kappa shape index (κ1) is 15.5. The van der Waals surface area contributed by atoms with E-state index < -0.39 is 0 Å². The fourth-order valence-electron chi connectivity index (χ4n) is 1.95. The molecule has 0 spiro atoms. The molecular formula is C15H14Cl3NO. The van der Waals surface area contributed by atoms with E-state index in [1.54, 1.807) is 19.2 Å². The topological polar surface area (TPSA) is 35.2 Å². The lowest BCUT2D eigenvalue weighted by Crippen LogP contribution is -2.13. The molecule has 106 valence electrons. The molecule has 2 aromatic rings. The molecule has 0 amide bonds. The number of hydrogen-bond donors (Lipinski definition) is 1. The van der Waals surface area contributed by atoms with E-state index in [2.05, 4.69) is 0 Å². The Morgan fingerprint density at radius 2 is 1.70 bits per heavy atom. The van der Waals surface area contributed by atoms with E-state index in [-0.39, 0.29) is 6.04 Å². The number of nitrogens with two attached hydrogens (primary N) is 1. The van der Waals surface area contributed by atoms with Crippen molar-refractivity contribution in [1.82, 2.24) is 0 Å². The number of benzene rings is 2. The summed E-state index contributed by atoms with van der Waals surface area (Å²) in [6, 6.07) is 10.9. The molecule has 0 aliphatic heterocycles. The summed E-state index contributed by atoms with van der Waals surface area (Å²) in [5, 5.41) is 1.64. The zero-order valence-electron chi connectivity index (χ0n) is 10.9. The molecule has 0 radical (unpaired) electrons. The molecule has 0 aliphatic rings. The van der Waals surface area contributed by atoms with E-state index in [0.29, 0.717) is 27.2 Å². The summed E-state index contributed by atoms with van der Waals surface area (Å²) >= 11 is 17.9. The maximum Gasteiger partial charge on any atom is 0.137 e. The second-order valence-electron chi connectivity index (χ2n) is 4.45. The van der Waals surface area contributed by atoms with E-state index >= 15 is 0 Å². The van der Waals surface area contributed by atoms with Gasteiger partial charge in [0.1, 0.15) is 5.75 Å². The molecule has 0 heterocycles. The predicted molar refractivity (Wildman–Crippen MR) is 85.1 cm³/mol. The van der Waals surface area contributed by atoms with Gasteiger partial charge in [-0.1, -0.05) is 46.9 Å². The summed E-state index contributed by atoms with van der Waals surface area (Å²) in [6.07, 6.45) is 0.654. The highest BCUT2D eigenvalue weighted by Crippen LogP contribution is 2.29. The second-order valence-corrected chi connectivity index (χ2v) is 5.67. The van der Waals surface area contributed by atoms with Crippen molar-refractivity contribution in [1.29, 1.82) is 0 Å². The van der Waals surface area contributed by atoms with Crippen molar-refractivity contribution in [2.45, 2.75) is 12.5 Å². The second kappa shape index (κ2) is 6.68. The molecular weight excluding hydrogens is 317 g/mol. The highest BCUT2D eigenvalue weighted by Gasteiger charge is 2.11. The van der Waals surface area contributed by atoms with Crippen molar-refractivity contribution in [3.63, 3.8) is 0 Å². The average Bonchev–Trinajstić information content (AvgIpc) is 2.43. The van der Waals surface area contributed by atoms with Crippen LogP contribution in [0.3, 0.4) is 0 Å². The summed E-state index contributed by atoms with van der Waals surface area (Å²) in [4.78, 5) is 0. The van der Waals surface area contributed by atoms with Gasteiger partial charge in [-0.2, -0.15) is 0 Å². The fraction of sp³-hybridized carbons (Fsp3) is 0.200. The third-order valence-electron chi connectivity index (χ3n) is 3.04. The van der Waals surface area contributed by atoms with Crippen molar-refractivity contribution < 1.29 is 4.74 Å². The summed E-state index contributed by atoms with van der Waals surface area (Å²) in [5.74, 6) is 0.619. The zero-order chi connectivity index (χ0) is 14.7. The minimum Gasteiger partial charge on any atom is -0.495 e. The zero-order valence-corrected chi connectivity index (χ0v) is 13.1.